The first kappa shape index (κ1) is 37.0. The molecule has 268 valence electrons. The van der Waals surface area contributed by atoms with Gasteiger partial charge in [0.25, 0.3) is 0 Å². The van der Waals surface area contributed by atoms with Gasteiger partial charge in [0.05, 0.1) is 17.1 Å². The molecule has 12 nitrogen and oxygen atoms in total. The highest BCUT2D eigenvalue weighted by molar-refractivity contribution is 7.89. The lowest BCUT2D eigenvalue weighted by atomic mass is 9.88. The first-order valence-electron chi connectivity index (χ1n) is 15.5. The predicted octanol–water partition coefficient (Wildman–Crippen LogP) is 2.96. The first-order chi connectivity index (χ1) is 23.1. The number of hydrogen-bond acceptors (Lipinski definition) is 10. The molecule has 0 radical (unpaired) electrons. The topological polar surface area (TPSA) is 170 Å². The molecule has 5 rings (SSSR count). The number of piperidine rings is 1. The SMILES string of the molecule is CNS(=O)(=O)c1cccc(OC[C@@H](O)CN[C@@H]2COC3(CCN(S(=O)(=O)c4cc(-c5ccc(CN)cc5)ccc4OC(F)(F)F)CC3)C2)c1. The van der Waals surface area contributed by atoms with Crippen LogP contribution in [0.25, 0.3) is 11.1 Å². The lowest BCUT2D eigenvalue weighted by Gasteiger charge is -2.38. The number of nitrogens with zero attached hydrogens (tertiary/aromatic N) is 1. The Kier molecular flexibility index (Phi) is 11.2. The monoisotopic (exact) mass is 728 g/mol. The zero-order chi connectivity index (χ0) is 35.5. The molecule has 0 bridgehead atoms. The number of aliphatic hydroxyl groups is 1. The second-order valence-corrected chi connectivity index (χ2v) is 15.8. The van der Waals surface area contributed by atoms with Gasteiger partial charge in [-0.2, -0.15) is 4.31 Å². The van der Waals surface area contributed by atoms with E-state index < -0.39 is 48.8 Å². The summed E-state index contributed by atoms with van der Waals surface area (Å²) in [4.78, 5) is -0.551. The highest BCUT2D eigenvalue weighted by atomic mass is 32.2. The van der Waals surface area contributed by atoms with E-state index in [0.29, 0.717) is 43.5 Å². The van der Waals surface area contributed by atoms with E-state index >= 15 is 0 Å². The number of nitrogens with one attached hydrogen (secondary N) is 2. The minimum Gasteiger partial charge on any atom is -0.491 e. The minimum absolute atomic E-state index is 0.0226. The third-order valence-corrected chi connectivity index (χ3v) is 12.0. The third-order valence-electron chi connectivity index (χ3n) is 8.62. The maximum Gasteiger partial charge on any atom is 0.573 e. The van der Waals surface area contributed by atoms with Crippen LogP contribution < -0.4 is 25.2 Å². The molecule has 0 aliphatic carbocycles. The van der Waals surface area contributed by atoms with Gasteiger partial charge in [-0.3, -0.25) is 0 Å². The lowest BCUT2D eigenvalue weighted by molar-refractivity contribution is -0.275. The molecule has 2 saturated heterocycles. The maximum atomic E-state index is 13.8. The summed E-state index contributed by atoms with van der Waals surface area (Å²) in [6.07, 6.45) is -4.85. The summed E-state index contributed by atoms with van der Waals surface area (Å²) in [5.41, 5.74) is 6.87. The smallest absolute Gasteiger partial charge is 0.491 e. The van der Waals surface area contributed by atoms with Crippen LogP contribution in [0.2, 0.25) is 0 Å². The van der Waals surface area contributed by atoms with E-state index in [1.165, 1.54) is 37.4 Å². The summed E-state index contributed by atoms with van der Waals surface area (Å²) in [6.45, 7) is 0.729. The molecule has 2 aliphatic rings. The molecule has 0 saturated carbocycles. The Morgan fingerprint density at radius 3 is 2.39 bits per heavy atom. The number of benzene rings is 3. The largest absolute Gasteiger partial charge is 0.573 e. The van der Waals surface area contributed by atoms with Crippen LogP contribution in [0.1, 0.15) is 24.8 Å². The fourth-order valence-corrected chi connectivity index (χ4v) is 8.28. The second kappa shape index (κ2) is 14.9. The number of nitrogens with two attached hydrogens (primary N) is 1. The van der Waals surface area contributed by atoms with E-state index in [1.54, 1.807) is 30.3 Å². The van der Waals surface area contributed by atoms with Crippen molar-refractivity contribution < 1.29 is 49.3 Å². The molecule has 5 N–H and O–H groups in total. The van der Waals surface area contributed by atoms with Gasteiger partial charge in [0.1, 0.15) is 29.1 Å². The minimum atomic E-state index is -5.10. The first-order valence-corrected chi connectivity index (χ1v) is 18.5. The van der Waals surface area contributed by atoms with Gasteiger partial charge in [0, 0.05) is 38.3 Å². The molecule has 2 aliphatic heterocycles. The van der Waals surface area contributed by atoms with Crippen molar-refractivity contribution in [2.24, 2.45) is 5.73 Å². The van der Waals surface area contributed by atoms with Crippen LogP contribution in [0.15, 0.2) is 76.5 Å². The van der Waals surface area contributed by atoms with E-state index in [4.69, 9.17) is 15.2 Å². The fourth-order valence-electron chi connectivity index (χ4n) is 5.93. The van der Waals surface area contributed by atoms with Crippen molar-refractivity contribution in [3.63, 3.8) is 0 Å². The van der Waals surface area contributed by atoms with Crippen molar-refractivity contribution in [3.8, 4) is 22.6 Å². The number of halogens is 3. The summed E-state index contributed by atoms with van der Waals surface area (Å²) in [5, 5.41) is 13.7. The van der Waals surface area contributed by atoms with Crippen molar-refractivity contribution in [1.29, 1.82) is 0 Å². The summed E-state index contributed by atoms with van der Waals surface area (Å²) in [6, 6.07) is 16.3. The number of hydrogen-bond donors (Lipinski definition) is 4. The van der Waals surface area contributed by atoms with Crippen LogP contribution >= 0.6 is 0 Å². The van der Waals surface area contributed by atoms with E-state index in [1.807, 2.05) is 0 Å². The summed E-state index contributed by atoms with van der Waals surface area (Å²) < 4.78 is 111. The molecular formula is C32H39F3N4O8S2. The van der Waals surface area contributed by atoms with Crippen LogP contribution in [0.4, 0.5) is 13.2 Å². The van der Waals surface area contributed by atoms with Crippen LogP contribution in [-0.2, 0) is 31.3 Å². The van der Waals surface area contributed by atoms with Gasteiger partial charge in [-0.25, -0.2) is 21.6 Å². The van der Waals surface area contributed by atoms with Crippen LogP contribution in [-0.4, -0.2) is 90.3 Å². The summed E-state index contributed by atoms with van der Waals surface area (Å²) in [5.74, 6) is -0.528. The molecular weight excluding hydrogens is 690 g/mol. The number of rotatable bonds is 13. The quantitative estimate of drug-likeness (QED) is 0.205. The number of alkyl halides is 3. The van der Waals surface area contributed by atoms with Crippen LogP contribution in [0.5, 0.6) is 11.5 Å². The van der Waals surface area contributed by atoms with Crippen LogP contribution in [0, 0.1) is 0 Å². The number of ether oxygens (including phenoxy) is 3. The van der Waals surface area contributed by atoms with Gasteiger partial charge in [-0.1, -0.05) is 36.4 Å². The van der Waals surface area contributed by atoms with Gasteiger partial charge < -0.3 is 30.4 Å². The van der Waals surface area contributed by atoms with Gasteiger partial charge >= 0.3 is 6.36 Å². The normalized spacial score (nSPS) is 19.2. The van der Waals surface area contributed by atoms with Crippen LogP contribution in [0.3, 0.4) is 0 Å². The van der Waals surface area contributed by atoms with Crippen molar-refractivity contribution in [2.45, 2.75) is 59.7 Å². The molecule has 49 heavy (non-hydrogen) atoms. The van der Waals surface area contributed by atoms with Gasteiger partial charge in [-0.15, -0.1) is 13.2 Å². The van der Waals surface area contributed by atoms with E-state index in [2.05, 4.69) is 14.8 Å². The lowest BCUT2D eigenvalue weighted by Crippen LogP contribution is -2.47. The molecule has 0 aromatic heterocycles. The van der Waals surface area contributed by atoms with E-state index in [-0.39, 0.29) is 42.9 Å². The fraction of sp³-hybridized carbons (Fsp3) is 0.438. The Balaban J connectivity index is 1.18. The molecule has 0 unspecified atom stereocenters. The molecule has 3 aromatic carbocycles. The Morgan fingerprint density at radius 2 is 1.73 bits per heavy atom. The van der Waals surface area contributed by atoms with Crippen molar-refractivity contribution in [3.05, 3.63) is 72.3 Å². The Morgan fingerprint density at radius 1 is 1.04 bits per heavy atom. The Bertz CT molecular complexity index is 1820. The van der Waals surface area contributed by atoms with E-state index in [0.717, 1.165) is 15.9 Å². The van der Waals surface area contributed by atoms with Crippen molar-refractivity contribution in [2.75, 3.05) is 39.9 Å². The maximum absolute atomic E-state index is 13.8. The standard InChI is InChI=1S/C32H39F3N4O8S2/c1-37-48(41,42)28-4-2-3-27(16-28)45-21-26(40)19-38-25-17-31(46-20-25)11-13-39(14-12-31)49(43,44)30-15-24(9-10-29(30)47-32(33,34)35)23-7-5-22(18-36)6-8-23/h2-10,15-16,25-26,37-38,40H,11-14,17-21,36H2,1H3/t25-,26-/m0/s1. The predicted molar refractivity (Wildman–Crippen MR) is 174 cm³/mol. The number of sulfonamides is 2. The summed E-state index contributed by atoms with van der Waals surface area (Å²) in [7, 11) is -6.74. The van der Waals surface area contributed by atoms with Gasteiger partial charge in [0.15, 0.2) is 0 Å². The van der Waals surface area contributed by atoms with E-state index in [9.17, 15) is 35.1 Å². The molecule has 3 aromatic rings. The van der Waals surface area contributed by atoms with Crippen molar-refractivity contribution in [1.82, 2.24) is 14.3 Å². The zero-order valence-electron chi connectivity index (χ0n) is 26.6. The highest BCUT2D eigenvalue weighted by Gasteiger charge is 2.45. The number of aliphatic hydroxyl groups excluding tert-OH is 1. The Hall–Kier alpha value is -3.29. The zero-order valence-corrected chi connectivity index (χ0v) is 28.3. The molecule has 1 spiro atoms. The second-order valence-electron chi connectivity index (χ2n) is 12.0. The molecule has 2 fully saturated rings. The molecule has 2 atom stereocenters. The highest BCUT2D eigenvalue weighted by Crippen LogP contribution is 2.40. The molecule has 17 heteroatoms. The molecule has 2 heterocycles. The Labute approximate surface area is 283 Å². The third kappa shape index (κ3) is 9.09. The van der Waals surface area contributed by atoms with Gasteiger partial charge in [-0.05, 0) is 67.3 Å². The average Bonchev–Trinajstić information content (AvgIpc) is 3.48. The average molecular weight is 729 g/mol. The van der Waals surface area contributed by atoms with Crippen molar-refractivity contribution >= 4 is 20.0 Å². The molecule has 0 amide bonds. The summed E-state index contributed by atoms with van der Waals surface area (Å²) >= 11 is 0. The van der Waals surface area contributed by atoms with Gasteiger partial charge in [0.2, 0.25) is 20.0 Å².